The molecule has 150 valence electrons. The maximum atomic E-state index is 14.0. The summed E-state index contributed by atoms with van der Waals surface area (Å²) in [5.41, 5.74) is 0.256. The van der Waals surface area contributed by atoms with E-state index in [1.54, 1.807) is 19.9 Å². The highest BCUT2D eigenvalue weighted by Gasteiger charge is 2.62. The summed E-state index contributed by atoms with van der Waals surface area (Å²) in [5.74, 6) is -1.98. The first-order chi connectivity index (χ1) is 14.0. The minimum atomic E-state index is -1.62. The van der Waals surface area contributed by atoms with Crippen LogP contribution in [0.1, 0.15) is 36.7 Å². The first-order valence-electron chi connectivity index (χ1n) is 9.63. The minimum absolute atomic E-state index is 0.00411. The van der Waals surface area contributed by atoms with Crippen LogP contribution in [0.4, 0.5) is 4.39 Å². The average molecular weight is 396 g/mol. The molecule has 0 bridgehead atoms. The molecule has 1 atom stereocenters. The van der Waals surface area contributed by atoms with Crippen LogP contribution >= 0.6 is 0 Å². The first-order valence-corrected chi connectivity index (χ1v) is 9.63. The summed E-state index contributed by atoms with van der Waals surface area (Å²) in [6.45, 7) is 3.62. The molecule has 1 heterocycles. The Kier molecular flexibility index (Phi) is 4.86. The van der Waals surface area contributed by atoms with Crippen molar-refractivity contribution in [1.29, 1.82) is 0 Å². The summed E-state index contributed by atoms with van der Waals surface area (Å²) in [6, 6.07) is 13.4. The molecule has 1 unspecified atom stereocenters. The zero-order chi connectivity index (χ0) is 20.6. The molecule has 0 saturated heterocycles. The van der Waals surface area contributed by atoms with Crippen LogP contribution in [0.2, 0.25) is 0 Å². The molecule has 0 N–H and O–H groups in total. The Balaban J connectivity index is 2.01. The highest BCUT2D eigenvalue weighted by atomic mass is 19.1. The lowest BCUT2D eigenvalue weighted by Gasteiger charge is -2.31. The number of furan rings is 1. The van der Waals surface area contributed by atoms with Gasteiger partial charge in [-0.2, -0.15) is 0 Å². The molecular weight excluding hydrogens is 375 g/mol. The second kappa shape index (κ2) is 7.35. The van der Waals surface area contributed by atoms with Gasteiger partial charge in [0.05, 0.1) is 13.2 Å². The number of ether oxygens (including phenoxy) is 2. The van der Waals surface area contributed by atoms with Crippen LogP contribution in [-0.4, -0.2) is 25.2 Å². The van der Waals surface area contributed by atoms with Gasteiger partial charge in [-0.1, -0.05) is 30.3 Å². The lowest BCUT2D eigenvalue weighted by molar-refractivity contribution is -0.172. The smallest absolute Gasteiger partial charge is 0.324 e. The molecule has 0 radical (unpaired) electrons. The number of halogens is 1. The average Bonchev–Trinajstić information content (AvgIpc) is 3.23. The summed E-state index contributed by atoms with van der Waals surface area (Å²) >= 11 is 0. The molecule has 0 fully saturated rings. The second-order valence-electron chi connectivity index (χ2n) is 7.01. The number of rotatable bonds is 5. The number of fused-ring (bicyclic) bond motifs is 3. The van der Waals surface area contributed by atoms with Crippen LogP contribution in [-0.2, 0) is 25.5 Å². The molecule has 0 spiro atoms. The van der Waals surface area contributed by atoms with E-state index in [1.807, 2.05) is 30.3 Å². The molecule has 29 heavy (non-hydrogen) atoms. The summed E-state index contributed by atoms with van der Waals surface area (Å²) in [4.78, 5) is 26.4. The van der Waals surface area contributed by atoms with Crippen LogP contribution < -0.4 is 0 Å². The van der Waals surface area contributed by atoms with Gasteiger partial charge in [-0.25, -0.2) is 4.39 Å². The van der Waals surface area contributed by atoms with Gasteiger partial charge in [-0.05, 0) is 37.6 Å². The molecule has 5 nitrogen and oxygen atoms in total. The number of hydrogen-bond donors (Lipinski definition) is 0. The van der Waals surface area contributed by atoms with Crippen molar-refractivity contribution >= 4 is 22.9 Å². The maximum absolute atomic E-state index is 14.0. The Bertz CT molecular complexity index is 1050. The van der Waals surface area contributed by atoms with Gasteiger partial charge in [-0.15, -0.1) is 0 Å². The zero-order valence-electron chi connectivity index (χ0n) is 16.2. The molecular formula is C23H21FO5. The van der Waals surface area contributed by atoms with E-state index in [0.717, 1.165) is 5.56 Å². The van der Waals surface area contributed by atoms with Gasteiger partial charge in [0.2, 0.25) is 0 Å². The summed E-state index contributed by atoms with van der Waals surface area (Å²) in [7, 11) is 0. The van der Waals surface area contributed by atoms with Crippen molar-refractivity contribution in [2.75, 3.05) is 13.2 Å². The van der Waals surface area contributed by atoms with Crippen molar-refractivity contribution in [2.24, 2.45) is 5.41 Å². The SMILES string of the molecule is CCOC(=O)C1(C(=O)OCC)Cc2oc3ccc(F)cc3c2C1c1ccccc1. The van der Waals surface area contributed by atoms with Crippen LogP contribution in [0.3, 0.4) is 0 Å². The number of esters is 2. The number of benzene rings is 2. The Labute approximate surface area is 167 Å². The van der Waals surface area contributed by atoms with E-state index < -0.39 is 29.1 Å². The molecule has 0 amide bonds. The second-order valence-corrected chi connectivity index (χ2v) is 7.01. The molecule has 1 aliphatic carbocycles. The van der Waals surface area contributed by atoms with E-state index in [1.165, 1.54) is 12.1 Å². The quantitative estimate of drug-likeness (QED) is 0.473. The van der Waals surface area contributed by atoms with Gasteiger partial charge >= 0.3 is 11.9 Å². The summed E-state index contributed by atoms with van der Waals surface area (Å²) in [5, 5.41) is 0.546. The predicted molar refractivity (Wildman–Crippen MR) is 104 cm³/mol. The van der Waals surface area contributed by atoms with E-state index in [9.17, 15) is 14.0 Å². The van der Waals surface area contributed by atoms with E-state index in [0.29, 0.717) is 22.3 Å². The fourth-order valence-corrected chi connectivity index (χ4v) is 4.27. The lowest BCUT2D eigenvalue weighted by atomic mass is 9.72. The summed E-state index contributed by atoms with van der Waals surface area (Å²) in [6.07, 6.45) is -0.00411. The molecule has 4 rings (SSSR count). The molecule has 0 aliphatic heterocycles. The van der Waals surface area contributed by atoms with Gasteiger partial charge in [0, 0.05) is 23.3 Å². The fraction of sp³-hybridized carbons (Fsp3) is 0.304. The normalized spacial score (nSPS) is 17.1. The van der Waals surface area contributed by atoms with Gasteiger partial charge in [0.25, 0.3) is 0 Å². The van der Waals surface area contributed by atoms with E-state index in [-0.39, 0.29) is 19.6 Å². The van der Waals surface area contributed by atoms with Crippen LogP contribution in [0.15, 0.2) is 52.9 Å². The van der Waals surface area contributed by atoms with Gasteiger partial charge < -0.3 is 13.9 Å². The van der Waals surface area contributed by atoms with Crippen molar-refractivity contribution in [3.05, 3.63) is 71.2 Å². The van der Waals surface area contributed by atoms with Crippen molar-refractivity contribution in [2.45, 2.75) is 26.2 Å². The highest BCUT2D eigenvalue weighted by molar-refractivity contribution is 6.04. The van der Waals surface area contributed by atoms with Crippen LogP contribution in [0, 0.1) is 11.2 Å². The number of carbonyl (C=O) groups excluding carboxylic acids is 2. The van der Waals surface area contributed by atoms with Crippen LogP contribution in [0.5, 0.6) is 0 Å². The zero-order valence-corrected chi connectivity index (χ0v) is 16.2. The van der Waals surface area contributed by atoms with Crippen molar-refractivity contribution < 1.29 is 27.9 Å². The predicted octanol–water partition coefficient (Wildman–Crippen LogP) is 4.37. The Morgan fingerprint density at radius 1 is 1.07 bits per heavy atom. The largest absolute Gasteiger partial charge is 0.465 e. The minimum Gasteiger partial charge on any atom is -0.465 e. The van der Waals surface area contributed by atoms with Crippen molar-refractivity contribution in [3.63, 3.8) is 0 Å². The van der Waals surface area contributed by atoms with Crippen molar-refractivity contribution in [3.8, 4) is 0 Å². The van der Waals surface area contributed by atoms with Crippen LogP contribution in [0.25, 0.3) is 11.0 Å². The molecule has 2 aromatic carbocycles. The Morgan fingerprint density at radius 2 is 1.72 bits per heavy atom. The number of hydrogen-bond acceptors (Lipinski definition) is 5. The maximum Gasteiger partial charge on any atom is 0.324 e. The Morgan fingerprint density at radius 3 is 2.34 bits per heavy atom. The summed E-state index contributed by atoms with van der Waals surface area (Å²) < 4.78 is 30.6. The van der Waals surface area contributed by atoms with Gasteiger partial charge in [0.1, 0.15) is 17.2 Å². The molecule has 1 aromatic heterocycles. The molecule has 1 aliphatic rings. The van der Waals surface area contributed by atoms with E-state index in [2.05, 4.69) is 0 Å². The van der Waals surface area contributed by atoms with Gasteiger partial charge in [-0.3, -0.25) is 9.59 Å². The van der Waals surface area contributed by atoms with Crippen molar-refractivity contribution in [1.82, 2.24) is 0 Å². The fourth-order valence-electron chi connectivity index (χ4n) is 4.27. The van der Waals surface area contributed by atoms with E-state index >= 15 is 0 Å². The van der Waals surface area contributed by atoms with E-state index in [4.69, 9.17) is 13.9 Å². The highest BCUT2D eigenvalue weighted by Crippen LogP contribution is 2.55. The first kappa shape index (κ1) is 19.2. The third-order valence-corrected chi connectivity index (χ3v) is 5.40. The lowest BCUT2D eigenvalue weighted by Crippen LogP contribution is -2.46. The Hall–Kier alpha value is -3.15. The molecule has 3 aromatic rings. The monoisotopic (exact) mass is 396 g/mol. The standard InChI is InChI=1S/C23H21FO5/c1-3-27-21(25)23(22(26)28-4-2)13-18-19(20(23)14-8-6-5-7-9-14)16-12-15(24)10-11-17(16)29-18/h5-12,20H,3-4,13H2,1-2H3. The third-order valence-electron chi connectivity index (χ3n) is 5.40. The topological polar surface area (TPSA) is 65.7 Å². The van der Waals surface area contributed by atoms with Gasteiger partial charge in [0.15, 0.2) is 5.41 Å². The third kappa shape index (κ3) is 2.90. The molecule has 6 heteroatoms. The number of carbonyl (C=O) groups is 2. The molecule has 0 saturated carbocycles.